The Labute approximate surface area is 195 Å². The van der Waals surface area contributed by atoms with Gasteiger partial charge in [0.15, 0.2) is 17.5 Å². The molecule has 1 aromatic rings. The van der Waals surface area contributed by atoms with Crippen molar-refractivity contribution in [3.05, 3.63) is 18.2 Å². The predicted octanol–water partition coefficient (Wildman–Crippen LogP) is 2.76. The summed E-state index contributed by atoms with van der Waals surface area (Å²) in [5.41, 5.74) is 0. The first-order valence-electron chi connectivity index (χ1n) is 10.6. The summed E-state index contributed by atoms with van der Waals surface area (Å²) < 4.78 is 16.4. The summed E-state index contributed by atoms with van der Waals surface area (Å²) >= 11 is 0. The maximum atomic E-state index is 12.0. The Hall–Kier alpha value is -1.91. The number of rotatable bonds is 9. The minimum atomic E-state index is 0. The van der Waals surface area contributed by atoms with Crippen molar-refractivity contribution < 1.29 is 19.0 Å². The minimum Gasteiger partial charge on any atom is -0.492 e. The number of benzene rings is 1. The quantitative estimate of drug-likeness (QED) is 0.220. The molecule has 0 aliphatic carbocycles. The van der Waals surface area contributed by atoms with Gasteiger partial charge in [0.25, 0.3) is 0 Å². The van der Waals surface area contributed by atoms with Gasteiger partial charge in [-0.25, -0.2) is 0 Å². The lowest BCUT2D eigenvalue weighted by Crippen LogP contribution is -2.39. The van der Waals surface area contributed by atoms with Crippen LogP contribution in [0.15, 0.2) is 23.2 Å². The molecule has 0 unspecified atom stereocenters. The fraction of sp³-hybridized carbons (Fsp3) is 0.619. The molecule has 1 aromatic carbocycles. The number of carbonyl (C=O) groups excluding carboxylic acids is 1. The van der Waals surface area contributed by atoms with E-state index in [-0.39, 0.29) is 36.7 Å². The summed E-state index contributed by atoms with van der Waals surface area (Å²) in [6, 6.07) is 5.56. The molecule has 30 heavy (non-hydrogen) atoms. The van der Waals surface area contributed by atoms with Crippen LogP contribution in [0.1, 0.15) is 39.0 Å². The number of guanidine groups is 1. The van der Waals surface area contributed by atoms with Crippen molar-refractivity contribution in [1.82, 2.24) is 15.5 Å². The van der Waals surface area contributed by atoms with Gasteiger partial charge in [0.1, 0.15) is 12.4 Å². The van der Waals surface area contributed by atoms with E-state index in [1.807, 2.05) is 30.0 Å². The number of likely N-dealkylation sites (tertiary alicyclic amines) is 1. The third-order valence-corrected chi connectivity index (χ3v) is 4.88. The average Bonchev–Trinajstić information content (AvgIpc) is 3.10. The lowest BCUT2D eigenvalue weighted by molar-refractivity contribution is -0.130. The molecule has 0 spiro atoms. The van der Waals surface area contributed by atoms with E-state index < -0.39 is 0 Å². The number of halogens is 1. The number of hydrogen-bond acceptors (Lipinski definition) is 5. The van der Waals surface area contributed by atoms with E-state index in [4.69, 9.17) is 14.2 Å². The molecule has 1 fully saturated rings. The first kappa shape index (κ1) is 24.4. The van der Waals surface area contributed by atoms with Crippen LogP contribution >= 0.6 is 24.0 Å². The summed E-state index contributed by atoms with van der Waals surface area (Å²) in [4.78, 5) is 18.6. The van der Waals surface area contributed by atoms with Crippen molar-refractivity contribution in [2.45, 2.75) is 39.0 Å². The van der Waals surface area contributed by atoms with Gasteiger partial charge in [-0.1, -0.05) is 6.42 Å². The number of carbonyl (C=O) groups is 1. The van der Waals surface area contributed by atoms with Crippen LogP contribution in [0.5, 0.6) is 17.2 Å². The number of nitrogens with zero attached hydrogens (tertiary/aromatic N) is 2. The topological polar surface area (TPSA) is 84.4 Å². The summed E-state index contributed by atoms with van der Waals surface area (Å²) in [6.07, 6.45) is 4.86. The Balaban J connectivity index is 0.00000320. The Kier molecular flexibility index (Phi) is 10.9. The van der Waals surface area contributed by atoms with E-state index in [1.54, 1.807) is 0 Å². The minimum absolute atomic E-state index is 0. The third-order valence-electron chi connectivity index (χ3n) is 4.88. The zero-order chi connectivity index (χ0) is 20.3. The molecule has 0 radical (unpaired) electrons. The molecule has 0 bridgehead atoms. The van der Waals surface area contributed by atoms with Crippen LogP contribution in [0.4, 0.5) is 0 Å². The van der Waals surface area contributed by atoms with E-state index in [9.17, 15) is 4.79 Å². The van der Waals surface area contributed by atoms with Gasteiger partial charge >= 0.3 is 0 Å². The molecule has 1 amide bonds. The van der Waals surface area contributed by atoms with E-state index in [2.05, 4.69) is 15.6 Å². The molecule has 2 aliphatic rings. The molecular formula is C21H33IN4O4. The second kappa shape index (κ2) is 13.4. The highest BCUT2D eigenvalue weighted by Crippen LogP contribution is 2.34. The summed E-state index contributed by atoms with van der Waals surface area (Å²) in [5, 5.41) is 6.52. The molecule has 168 valence electrons. The second-order valence-electron chi connectivity index (χ2n) is 7.10. The highest BCUT2D eigenvalue weighted by Gasteiger charge is 2.15. The van der Waals surface area contributed by atoms with Crippen LogP contribution in [0.2, 0.25) is 0 Å². The molecular weight excluding hydrogens is 499 g/mol. The normalized spacial score (nSPS) is 16.0. The van der Waals surface area contributed by atoms with Crippen LogP contribution in [0.25, 0.3) is 0 Å². The maximum Gasteiger partial charge on any atom is 0.231 e. The Bertz CT molecular complexity index is 702. The molecule has 2 heterocycles. The molecule has 2 aliphatic heterocycles. The van der Waals surface area contributed by atoms with Gasteiger partial charge in [0, 0.05) is 38.7 Å². The number of aliphatic imine (C=N–C) groups is 1. The highest BCUT2D eigenvalue weighted by molar-refractivity contribution is 14.0. The Morgan fingerprint density at radius 1 is 1.20 bits per heavy atom. The third kappa shape index (κ3) is 7.73. The smallest absolute Gasteiger partial charge is 0.231 e. The van der Waals surface area contributed by atoms with E-state index in [1.165, 1.54) is 0 Å². The van der Waals surface area contributed by atoms with Crippen LogP contribution in [-0.2, 0) is 4.79 Å². The van der Waals surface area contributed by atoms with Crippen molar-refractivity contribution in [3.63, 3.8) is 0 Å². The lowest BCUT2D eigenvalue weighted by Gasteiger charge is -2.20. The zero-order valence-corrected chi connectivity index (χ0v) is 20.0. The van der Waals surface area contributed by atoms with Crippen LogP contribution in [-0.4, -0.2) is 62.9 Å². The largest absolute Gasteiger partial charge is 0.492 e. The van der Waals surface area contributed by atoms with Gasteiger partial charge < -0.3 is 29.7 Å². The van der Waals surface area contributed by atoms with Crippen molar-refractivity contribution in [1.29, 1.82) is 0 Å². The van der Waals surface area contributed by atoms with E-state index in [0.717, 1.165) is 62.8 Å². The lowest BCUT2D eigenvalue weighted by atomic mass is 10.2. The number of amides is 1. The molecule has 0 atom stereocenters. The van der Waals surface area contributed by atoms with Gasteiger partial charge in [0.2, 0.25) is 12.7 Å². The van der Waals surface area contributed by atoms with Crippen LogP contribution < -0.4 is 24.8 Å². The Morgan fingerprint density at radius 3 is 2.93 bits per heavy atom. The van der Waals surface area contributed by atoms with Gasteiger partial charge in [-0.15, -0.1) is 24.0 Å². The van der Waals surface area contributed by atoms with Crippen molar-refractivity contribution in [2.24, 2.45) is 4.99 Å². The number of fused-ring (bicyclic) bond motifs is 1. The molecule has 1 saturated heterocycles. The molecule has 8 nitrogen and oxygen atoms in total. The first-order chi connectivity index (χ1) is 14.3. The van der Waals surface area contributed by atoms with Crippen molar-refractivity contribution >= 4 is 35.8 Å². The standard InChI is InChI=1S/C21H32N4O4.HI/c1-2-22-21(23-10-6-13-25-12-5-3-4-7-20(25)26)24-11-14-27-17-8-9-18-19(15-17)29-16-28-18;/h8-9,15H,2-7,10-14,16H2,1H3,(H2,22,23,24);1H. The highest BCUT2D eigenvalue weighted by atomic mass is 127. The Morgan fingerprint density at radius 2 is 2.07 bits per heavy atom. The SMILES string of the molecule is CCNC(=NCCCN1CCCCCC1=O)NCCOc1ccc2c(c1)OCO2.I. The summed E-state index contributed by atoms with van der Waals surface area (Å²) in [6.45, 7) is 6.58. The van der Waals surface area contributed by atoms with E-state index in [0.29, 0.717) is 31.9 Å². The first-order valence-corrected chi connectivity index (χ1v) is 10.6. The number of nitrogens with one attached hydrogen (secondary N) is 2. The molecule has 0 saturated carbocycles. The van der Waals surface area contributed by atoms with Crippen molar-refractivity contribution in [3.8, 4) is 17.2 Å². The maximum absolute atomic E-state index is 12.0. The zero-order valence-electron chi connectivity index (χ0n) is 17.7. The van der Waals surface area contributed by atoms with Gasteiger partial charge in [-0.05, 0) is 38.3 Å². The second-order valence-corrected chi connectivity index (χ2v) is 7.10. The monoisotopic (exact) mass is 532 g/mol. The molecule has 0 aromatic heterocycles. The fourth-order valence-electron chi connectivity index (χ4n) is 3.37. The fourth-order valence-corrected chi connectivity index (χ4v) is 3.37. The van der Waals surface area contributed by atoms with E-state index >= 15 is 0 Å². The van der Waals surface area contributed by atoms with Gasteiger partial charge in [0.05, 0.1) is 6.54 Å². The number of ether oxygens (including phenoxy) is 3. The van der Waals surface area contributed by atoms with Gasteiger partial charge in [-0.3, -0.25) is 9.79 Å². The molecule has 2 N–H and O–H groups in total. The molecule has 9 heteroatoms. The predicted molar refractivity (Wildman–Crippen MR) is 127 cm³/mol. The van der Waals surface area contributed by atoms with Crippen LogP contribution in [0.3, 0.4) is 0 Å². The molecule has 3 rings (SSSR count). The van der Waals surface area contributed by atoms with Crippen molar-refractivity contribution in [2.75, 3.05) is 46.1 Å². The van der Waals surface area contributed by atoms with Gasteiger partial charge in [-0.2, -0.15) is 0 Å². The average molecular weight is 532 g/mol. The summed E-state index contributed by atoms with van der Waals surface area (Å²) in [7, 11) is 0. The number of hydrogen-bond donors (Lipinski definition) is 2. The van der Waals surface area contributed by atoms with Crippen LogP contribution in [0, 0.1) is 0 Å². The summed E-state index contributed by atoms with van der Waals surface area (Å²) in [5.74, 6) is 3.27.